The van der Waals surface area contributed by atoms with Gasteiger partial charge in [-0.05, 0) is 37.2 Å². The van der Waals surface area contributed by atoms with E-state index in [4.69, 9.17) is 0 Å². The van der Waals surface area contributed by atoms with Crippen LogP contribution in [0.2, 0.25) is 0 Å². The monoisotopic (exact) mass is 337 g/mol. The molecule has 0 aliphatic carbocycles. The number of carbonyl (C=O) groups excluding carboxylic acids is 1. The van der Waals surface area contributed by atoms with Crippen LogP contribution in [-0.2, 0) is 6.42 Å². The van der Waals surface area contributed by atoms with Crippen molar-refractivity contribution in [1.29, 1.82) is 0 Å². The molecule has 6 nitrogen and oxygen atoms in total. The summed E-state index contributed by atoms with van der Waals surface area (Å²) < 4.78 is 0. The van der Waals surface area contributed by atoms with Crippen LogP contribution in [0, 0.1) is 0 Å². The van der Waals surface area contributed by atoms with Crippen molar-refractivity contribution in [2.75, 3.05) is 44.7 Å². The van der Waals surface area contributed by atoms with Gasteiger partial charge in [-0.3, -0.25) is 10.2 Å². The number of hydrogen-bond acceptors (Lipinski definition) is 5. The Bertz CT molecular complexity index is 770. The van der Waals surface area contributed by atoms with Gasteiger partial charge in [0.1, 0.15) is 5.82 Å². The van der Waals surface area contributed by atoms with Crippen molar-refractivity contribution in [2.45, 2.75) is 6.42 Å². The average molecular weight is 337 g/mol. The minimum absolute atomic E-state index is 0.0688. The normalized spacial score (nSPS) is 18.2. The molecule has 0 spiro atoms. The number of aromatic nitrogens is 1. The Morgan fingerprint density at radius 3 is 2.72 bits per heavy atom. The second-order valence-corrected chi connectivity index (χ2v) is 6.66. The highest BCUT2D eigenvalue weighted by Gasteiger charge is 2.22. The molecule has 1 amide bonds. The molecule has 0 saturated carbocycles. The van der Waals surface area contributed by atoms with Crippen molar-refractivity contribution < 1.29 is 4.79 Å². The number of anilines is 2. The van der Waals surface area contributed by atoms with E-state index in [-0.39, 0.29) is 5.91 Å². The molecule has 25 heavy (non-hydrogen) atoms. The van der Waals surface area contributed by atoms with Crippen LogP contribution in [0.1, 0.15) is 15.9 Å². The summed E-state index contributed by atoms with van der Waals surface area (Å²) >= 11 is 0. The molecule has 1 saturated heterocycles. The first-order valence-corrected chi connectivity index (χ1v) is 8.77. The summed E-state index contributed by atoms with van der Waals surface area (Å²) in [6.45, 7) is 4.52. The smallest absolute Gasteiger partial charge is 0.265 e. The van der Waals surface area contributed by atoms with Gasteiger partial charge in [0.2, 0.25) is 0 Å². The Morgan fingerprint density at radius 2 is 1.88 bits per heavy atom. The number of likely N-dealkylation sites (N-methyl/N-ethyl adjacent to an activating group) is 1. The number of para-hydroxylation sites is 1. The van der Waals surface area contributed by atoms with E-state index >= 15 is 0 Å². The molecule has 3 heterocycles. The number of pyridine rings is 1. The Hall–Kier alpha value is -2.44. The van der Waals surface area contributed by atoms with Gasteiger partial charge in [-0.25, -0.2) is 9.99 Å². The summed E-state index contributed by atoms with van der Waals surface area (Å²) in [5, 5.41) is 1.99. The molecular weight excluding hydrogens is 314 g/mol. The van der Waals surface area contributed by atoms with E-state index in [0.717, 1.165) is 45.0 Å². The average Bonchev–Trinajstić information content (AvgIpc) is 3.08. The molecule has 2 aliphatic heterocycles. The summed E-state index contributed by atoms with van der Waals surface area (Å²) in [7, 11) is 2.10. The molecule has 1 N–H and O–H groups in total. The topological polar surface area (TPSA) is 51.7 Å². The maximum Gasteiger partial charge on any atom is 0.265 e. The van der Waals surface area contributed by atoms with Crippen molar-refractivity contribution in [1.82, 2.24) is 20.3 Å². The SMILES string of the molecule is CN1CCN(NC(=O)c2ccnc(N3CCc4ccccc43)c2)CC1. The Balaban J connectivity index is 1.49. The van der Waals surface area contributed by atoms with Crippen LogP contribution in [0.15, 0.2) is 42.6 Å². The minimum Gasteiger partial charge on any atom is -0.326 e. The van der Waals surface area contributed by atoms with Gasteiger partial charge < -0.3 is 9.80 Å². The fourth-order valence-corrected chi connectivity index (χ4v) is 3.41. The molecule has 130 valence electrons. The lowest BCUT2D eigenvalue weighted by Gasteiger charge is -2.32. The fourth-order valence-electron chi connectivity index (χ4n) is 3.41. The van der Waals surface area contributed by atoms with E-state index in [1.54, 1.807) is 12.3 Å². The summed E-state index contributed by atoms with van der Waals surface area (Å²) in [4.78, 5) is 21.5. The fraction of sp³-hybridized carbons (Fsp3) is 0.368. The zero-order chi connectivity index (χ0) is 17.2. The maximum atomic E-state index is 12.6. The van der Waals surface area contributed by atoms with Crippen LogP contribution < -0.4 is 10.3 Å². The summed E-state index contributed by atoms with van der Waals surface area (Å²) in [6, 6.07) is 12.0. The molecule has 0 unspecified atom stereocenters. The van der Waals surface area contributed by atoms with Gasteiger partial charge in [-0.1, -0.05) is 18.2 Å². The highest BCUT2D eigenvalue weighted by molar-refractivity contribution is 5.94. The van der Waals surface area contributed by atoms with Crippen LogP contribution in [0.3, 0.4) is 0 Å². The number of nitrogens with one attached hydrogen (secondary N) is 1. The second-order valence-electron chi connectivity index (χ2n) is 6.66. The third-order valence-corrected chi connectivity index (χ3v) is 4.93. The number of benzene rings is 1. The molecule has 1 aromatic carbocycles. The molecule has 1 aromatic heterocycles. The van der Waals surface area contributed by atoms with Crippen molar-refractivity contribution in [3.63, 3.8) is 0 Å². The van der Waals surface area contributed by atoms with E-state index in [9.17, 15) is 4.79 Å². The maximum absolute atomic E-state index is 12.6. The predicted octanol–water partition coefficient (Wildman–Crippen LogP) is 1.67. The molecule has 4 rings (SSSR count). The Morgan fingerprint density at radius 1 is 1.08 bits per heavy atom. The molecule has 2 aliphatic rings. The van der Waals surface area contributed by atoms with Gasteiger partial charge >= 0.3 is 0 Å². The van der Waals surface area contributed by atoms with E-state index in [1.165, 1.54) is 11.3 Å². The lowest BCUT2D eigenvalue weighted by molar-refractivity contribution is 0.0662. The van der Waals surface area contributed by atoms with Crippen LogP contribution in [0.25, 0.3) is 0 Å². The highest BCUT2D eigenvalue weighted by Crippen LogP contribution is 2.33. The number of nitrogens with zero attached hydrogens (tertiary/aromatic N) is 4. The molecule has 0 atom stereocenters. The Labute approximate surface area is 148 Å². The summed E-state index contributed by atoms with van der Waals surface area (Å²) in [6.07, 6.45) is 2.73. The lowest BCUT2D eigenvalue weighted by Crippen LogP contribution is -2.52. The number of piperazine rings is 1. The van der Waals surface area contributed by atoms with E-state index in [0.29, 0.717) is 5.56 Å². The van der Waals surface area contributed by atoms with Crippen LogP contribution in [0.4, 0.5) is 11.5 Å². The van der Waals surface area contributed by atoms with E-state index in [2.05, 4.69) is 45.5 Å². The summed E-state index contributed by atoms with van der Waals surface area (Å²) in [5.74, 6) is 0.761. The number of amides is 1. The third-order valence-electron chi connectivity index (χ3n) is 4.93. The van der Waals surface area contributed by atoms with Crippen molar-refractivity contribution in [3.05, 3.63) is 53.7 Å². The van der Waals surface area contributed by atoms with Gasteiger partial charge in [0, 0.05) is 50.2 Å². The largest absolute Gasteiger partial charge is 0.326 e. The minimum atomic E-state index is -0.0688. The first-order chi connectivity index (χ1) is 12.2. The van der Waals surface area contributed by atoms with Gasteiger partial charge in [-0.2, -0.15) is 0 Å². The molecule has 0 bridgehead atoms. The van der Waals surface area contributed by atoms with Crippen molar-refractivity contribution >= 4 is 17.4 Å². The first kappa shape index (κ1) is 16.1. The van der Waals surface area contributed by atoms with E-state index in [1.807, 2.05) is 17.1 Å². The quantitative estimate of drug-likeness (QED) is 0.923. The zero-order valence-corrected chi connectivity index (χ0v) is 14.5. The molecule has 0 radical (unpaired) electrons. The number of hydrogen-bond donors (Lipinski definition) is 1. The van der Waals surface area contributed by atoms with Crippen LogP contribution in [-0.4, -0.2) is 60.6 Å². The number of hydrazine groups is 1. The standard InChI is InChI=1S/C19H23N5O/c1-22-10-12-23(13-11-22)21-19(25)16-6-8-20-18(14-16)24-9-7-15-4-2-3-5-17(15)24/h2-6,8,14H,7,9-13H2,1H3,(H,21,25). The van der Waals surface area contributed by atoms with Gasteiger partial charge in [0.15, 0.2) is 0 Å². The van der Waals surface area contributed by atoms with Gasteiger partial charge in [-0.15, -0.1) is 0 Å². The zero-order valence-electron chi connectivity index (χ0n) is 14.5. The van der Waals surface area contributed by atoms with Gasteiger partial charge in [0.05, 0.1) is 0 Å². The number of fused-ring (bicyclic) bond motifs is 1. The highest BCUT2D eigenvalue weighted by atomic mass is 16.2. The molecule has 1 fully saturated rings. The summed E-state index contributed by atoms with van der Waals surface area (Å²) in [5.41, 5.74) is 6.18. The number of carbonyl (C=O) groups is 1. The molecule has 6 heteroatoms. The van der Waals surface area contributed by atoms with Crippen molar-refractivity contribution in [3.8, 4) is 0 Å². The van der Waals surface area contributed by atoms with Crippen molar-refractivity contribution in [2.24, 2.45) is 0 Å². The molecule has 2 aromatic rings. The number of rotatable bonds is 3. The lowest BCUT2D eigenvalue weighted by atomic mass is 10.2. The van der Waals surface area contributed by atoms with E-state index < -0.39 is 0 Å². The third kappa shape index (κ3) is 3.36. The predicted molar refractivity (Wildman–Crippen MR) is 97.9 cm³/mol. The van der Waals surface area contributed by atoms with Crippen LogP contribution >= 0.6 is 0 Å². The Kier molecular flexibility index (Phi) is 4.38. The molecular formula is C19H23N5O. The first-order valence-electron chi connectivity index (χ1n) is 8.77. The van der Waals surface area contributed by atoms with Crippen LogP contribution in [0.5, 0.6) is 0 Å². The second kappa shape index (κ2) is 6.82. The van der Waals surface area contributed by atoms with Gasteiger partial charge in [0.25, 0.3) is 5.91 Å².